The number of hydrogen-bond acceptors (Lipinski definition) is 3. The Bertz CT molecular complexity index is 298. The molecule has 0 aromatic carbocycles. The minimum atomic E-state index is -0.610. The molecule has 0 fully saturated rings. The van der Waals surface area contributed by atoms with Crippen molar-refractivity contribution < 1.29 is 10.2 Å². The lowest BCUT2D eigenvalue weighted by molar-refractivity contribution is 0.0679. The Hall–Kier alpha value is 0.270. The number of unbranched alkanes of at least 4 members (excludes halogenated alkanes) is 8. The number of aliphatic hydroxyl groups is 2. The number of thioether (sulfide) groups is 1. The van der Waals surface area contributed by atoms with Crippen molar-refractivity contribution in [2.24, 2.45) is 0 Å². The molecule has 3 heteroatoms. The van der Waals surface area contributed by atoms with Crippen molar-refractivity contribution in [1.29, 1.82) is 0 Å². The van der Waals surface area contributed by atoms with Gasteiger partial charge in [0.05, 0.1) is 11.2 Å². The van der Waals surface area contributed by atoms with Gasteiger partial charge in [-0.2, -0.15) is 11.8 Å². The van der Waals surface area contributed by atoms with Crippen LogP contribution in [0, 0.1) is 0 Å². The molecule has 2 N–H and O–H groups in total. The van der Waals surface area contributed by atoms with E-state index in [1.54, 1.807) is 0 Å². The second kappa shape index (κ2) is 15.2. The molecule has 0 rings (SSSR count). The zero-order chi connectivity index (χ0) is 20.8. The first-order valence-electron chi connectivity index (χ1n) is 11.7. The highest BCUT2D eigenvalue weighted by atomic mass is 32.2. The van der Waals surface area contributed by atoms with Crippen LogP contribution in [0.25, 0.3) is 0 Å². The quantitative estimate of drug-likeness (QED) is 0.233. The summed E-state index contributed by atoms with van der Waals surface area (Å²) in [7, 11) is 0. The van der Waals surface area contributed by atoms with Crippen LogP contribution in [0.2, 0.25) is 0 Å². The van der Waals surface area contributed by atoms with Crippen LogP contribution < -0.4 is 0 Å². The van der Waals surface area contributed by atoms with Crippen molar-refractivity contribution in [2.75, 3.05) is 0 Å². The largest absolute Gasteiger partial charge is 0.390 e. The standard InChI is InChI=1S/C24H50O2S/c1-7-9-11-13-15-17-21(19-23(3,4)25)27-22(20-24(5,6)26)18-16-14-12-10-8-2/h21-22,25-26H,7-20H2,1-6H3. The highest BCUT2D eigenvalue weighted by Gasteiger charge is 2.27. The molecular formula is C24H50O2S. The van der Waals surface area contributed by atoms with Gasteiger partial charge in [0, 0.05) is 10.5 Å². The molecule has 0 spiro atoms. The van der Waals surface area contributed by atoms with E-state index in [1.807, 2.05) is 27.7 Å². The van der Waals surface area contributed by atoms with Gasteiger partial charge in [-0.25, -0.2) is 0 Å². The lowest BCUT2D eigenvalue weighted by Gasteiger charge is -2.31. The summed E-state index contributed by atoms with van der Waals surface area (Å²) in [6.45, 7) is 12.3. The molecule has 0 aliphatic rings. The molecule has 2 unspecified atom stereocenters. The van der Waals surface area contributed by atoms with Gasteiger partial charge in [-0.05, 0) is 53.4 Å². The molecule has 0 radical (unpaired) electrons. The van der Waals surface area contributed by atoms with Crippen LogP contribution in [0.4, 0.5) is 0 Å². The van der Waals surface area contributed by atoms with Crippen molar-refractivity contribution in [1.82, 2.24) is 0 Å². The molecule has 0 saturated carbocycles. The molecule has 2 nitrogen and oxygen atoms in total. The Morgan fingerprint density at radius 1 is 0.593 bits per heavy atom. The second-order valence-electron chi connectivity index (χ2n) is 9.82. The first-order chi connectivity index (χ1) is 12.6. The Morgan fingerprint density at radius 2 is 0.926 bits per heavy atom. The first-order valence-corrected chi connectivity index (χ1v) is 12.6. The lowest BCUT2D eigenvalue weighted by atomic mass is 9.98. The summed E-state index contributed by atoms with van der Waals surface area (Å²) >= 11 is 2.05. The maximum atomic E-state index is 10.4. The molecule has 2 atom stereocenters. The van der Waals surface area contributed by atoms with E-state index in [-0.39, 0.29) is 0 Å². The summed E-state index contributed by atoms with van der Waals surface area (Å²) in [6, 6.07) is 0. The van der Waals surface area contributed by atoms with Gasteiger partial charge in [-0.3, -0.25) is 0 Å². The fraction of sp³-hybridized carbons (Fsp3) is 1.00. The lowest BCUT2D eigenvalue weighted by Crippen LogP contribution is -2.29. The third-order valence-electron chi connectivity index (χ3n) is 5.10. The average molecular weight is 403 g/mol. The smallest absolute Gasteiger partial charge is 0.0602 e. The van der Waals surface area contributed by atoms with Crippen molar-refractivity contribution in [2.45, 2.75) is 153 Å². The van der Waals surface area contributed by atoms with Gasteiger partial charge >= 0.3 is 0 Å². The summed E-state index contributed by atoms with van der Waals surface area (Å²) < 4.78 is 0. The van der Waals surface area contributed by atoms with Crippen molar-refractivity contribution in [3.05, 3.63) is 0 Å². The van der Waals surface area contributed by atoms with Crippen molar-refractivity contribution in [3.8, 4) is 0 Å². The molecule has 0 aliphatic heterocycles. The van der Waals surface area contributed by atoms with Gasteiger partial charge in [0.1, 0.15) is 0 Å². The molecule has 0 bridgehead atoms. The third-order valence-corrected chi connectivity index (χ3v) is 6.67. The van der Waals surface area contributed by atoms with Crippen LogP contribution in [0.15, 0.2) is 0 Å². The first kappa shape index (κ1) is 27.3. The number of rotatable bonds is 18. The van der Waals surface area contributed by atoms with Gasteiger partial charge in [-0.15, -0.1) is 0 Å². The molecule has 0 heterocycles. The molecule has 0 amide bonds. The molecule has 0 aliphatic carbocycles. The molecular weight excluding hydrogens is 352 g/mol. The summed E-state index contributed by atoms with van der Waals surface area (Å²) in [5, 5.41) is 21.8. The van der Waals surface area contributed by atoms with E-state index in [4.69, 9.17) is 0 Å². The fourth-order valence-electron chi connectivity index (χ4n) is 3.77. The van der Waals surface area contributed by atoms with Crippen LogP contribution >= 0.6 is 11.8 Å². The van der Waals surface area contributed by atoms with Gasteiger partial charge in [0.15, 0.2) is 0 Å². The predicted molar refractivity (Wildman–Crippen MR) is 124 cm³/mol. The van der Waals surface area contributed by atoms with E-state index in [0.29, 0.717) is 10.5 Å². The van der Waals surface area contributed by atoms with E-state index in [1.165, 1.54) is 77.0 Å². The maximum absolute atomic E-state index is 10.4. The van der Waals surface area contributed by atoms with Crippen molar-refractivity contribution >= 4 is 11.8 Å². The van der Waals surface area contributed by atoms with Gasteiger partial charge < -0.3 is 10.2 Å². The minimum absolute atomic E-state index is 0.495. The van der Waals surface area contributed by atoms with Crippen LogP contribution in [-0.4, -0.2) is 31.9 Å². The summed E-state index contributed by atoms with van der Waals surface area (Å²) in [4.78, 5) is 0. The Balaban J connectivity index is 4.66. The normalized spacial score (nSPS) is 15.1. The van der Waals surface area contributed by atoms with Gasteiger partial charge in [0.25, 0.3) is 0 Å². The van der Waals surface area contributed by atoms with E-state index < -0.39 is 11.2 Å². The minimum Gasteiger partial charge on any atom is -0.390 e. The maximum Gasteiger partial charge on any atom is 0.0602 e. The second-order valence-corrected chi connectivity index (χ2v) is 11.4. The van der Waals surface area contributed by atoms with Crippen molar-refractivity contribution in [3.63, 3.8) is 0 Å². The molecule has 0 saturated heterocycles. The molecule has 0 aromatic heterocycles. The van der Waals surface area contributed by atoms with E-state index in [2.05, 4.69) is 25.6 Å². The topological polar surface area (TPSA) is 40.5 Å². The van der Waals surface area contributed by atoms with Crippen LogP contribution in [0.5, 0.6) is 0 Å². The Kier molecular flexibility index (Phi) is 15.3. The highest BCUT2D eigenvalue weighted by molar-refractivity contribution is 8.00. The monoisotopic (exact) mass is 402 g/mol. The van der Waals surface area contributed by atoms with Gasteiger partial charge in [0.2, 0.25) is 0 Å². The summed E-state index contributed by atoms with van der Waals surface area (Å²) in [5.41, 5.74) is -1.22. The molecule has 164 valence electrons. The Morgan fingerprint density at radius 3 is 1.22 bits per heavy atom. The van der Waals surface area contributed by atoms with E-state index >= 15 is 0 Å². The van der Waals surface area contributed by atoms with E-state index in [9.17, 15) is 10.2 Å². The predicted octanol–water partition coefficient (Wildman–Crippen LogP) is 7.50. The molecule has 27 heavy (non-hydrogen) atoms. The SMILES string of the molecule is CCCCCCCC(CC(C)(C)O)SC(CCCCCCC)CC(C)(C)O. The van der Waals surface area contributed by atoms with Crippen LogP contribution in [-0.2, 0) is 0 Å². The number of hydrogen-bond donors (Lipinski definition) is 2. The molecule has 0 aromatic rings. The van der Waals surface area contributed by atoms with E-state index in [0.717, 1.165) is 12.8 Å². The fourth-order valence-corrected chi connectivity index (χ4v) is 5.93. The Labute approximate surface area is 175 Å². The summed E-state index contributed by atoms with van der Waals surface area (Å²) in [6.07, 6.45) is 17.1. The summed E-state index contributed by atoms with van der Waals surface area (Å²) in [5.74, 6) is 0. The van der Waals surface area contributed by atoms with Gasteiger partial charge in [-0.1, -0.05) is 78.1 Å². The van der Waals surface area contributed by atoms with Crippen LogP contribution in [0.3, 0.4) is 0 Å². The highest BCUT2D eigenvalue weighted by Crippen LogP contribution is 2.35. The zero-order valence-corrected chi connectivity index (χ0v) is 20.2. The average Bonchev–Trinajstić information content (AvgIpc) is 2.51. The zero-order valence-electron chi connectivity index (χ0n) is 19.4. The van der Waals surface area contributed by atoms with Crippen LogP contribution in [0.1, 0.15) is 131 Å². The third kappa shape index (κ3) is 19.4.